The molecule has 6 heteroatoms. The summed E-state index contributed by atoms with van der Waals surface area (Å²) in [7, 11) is 0. The Hall–Kier alpha value is -1.82. The highest BCUT2D eigenvalue weighted by Crippen LogP contribution is 2.34. The maximum absolute atomic E-state index is 13.1. The topological polar surface area (TPSA) is 29.9 Å². The van der Waals surface area contributed by atoms with Gasteiger partial charge in [-0.05, 0) is 32.0 Å². The first kappa shape index (κ1) is 15.6. The standard InChI is InChI=1S/C15H18F3N3/c1-3-8-19-9-12-10-20-21(11(12)2)14-7-5-4-6-13(14)15(16,17)18/h4-7,10,19H,3,8-9H2,1-2H3. The molecule has 114 valence electrons. The molecule has 1 aromatic carbocycles. The van der Waals surface area contributed by atoms with E-state index in [1.807, 2.05) is 0 Å². The summed E-state index contributed by atoms with van der Waals surface area (Å²) >= 11 is 0. The average Bonchev–Trinajstić information content (AvgIpc) is 2.80. The Morgan fingerprint density at radius 2 is 1.95 bits per heavy atom. The van der Waals surface area contributed by atoms with Crippen LogP contribution >= 0.6 is 0 Å². The Balaban J connectivity index is 2.36. The van der Waals surface area contributed by atoms with Gasteiger partial charge < -0.3 is 5.32 Å². The molecule has 1 heterocycles. The normalized spacial score (nSPS) is 11.9. The van der Waals surface area contributed by atoms with E-state index in [4.69, 9.17) is 0 Å². The van der Waals surface area contributed by atoms with E-state index in [2.05, 4.69) is 17.3 Å². The molecule has 0 saturated heterocycles. The summed E-state index contributed by atoms with van der Waals surface area (Å²) in [6.45, 7) is 5.31. The van der Waals surface area contributed by atoms with Gasteiger partial charge in [0.25, 0.3) is 0 Å². The first-order chi connectivity index (χ1) is 9.95. The largest absolute Gasteiger partial charge is 0.418 e. The van der Waals surface area contributed by atoms with Crippen molar-refractivity contribution in [1.82, 2.24) is 15.1 Å². The molecule has 0 radical (unpaired) electrons. The van der Waals surface area contributed by atoms with Crippen molar-refractivity contribution in [2.24, 2.45) is 0 Å². The van der Waals surface area contributed by atoms with E-state index in [1.54, 1.807) is 19.2 Å². The van der Waals surface area contributed by atoms with Crippen LogP contribution in [0.4, 0.5) is 13.2 Å². The van der Waals surface area contributed by atoms with Gasteiger partial charge in [0.15, 0.2) is 0 Å². The third kappa shape index (κ3) is 3.44. The van der Waals surface area contributed by atoms with Gasteiger partial charge in [0.1, 0.15) is 0 Å². The van der Waals surface area contributed by atoms with Gasteiger partial charge in [0.05, 0.1) is 17.4 Å². The second kappa shape index (κ2) is 6.30. The average molecular weight is 297 g/mol. The number of nitrogens with one attached hydrogen (secondary N) is 1. The monoisotopic (exact) mass is 297 g/mol. The lowest BCUT2D eigenvalue weighted by atomic mass is 10.1. The number of benzene rings is 1. The number of hydrogen-bond donors (Lipinski definition) is 1. The van der Waals surface area contributed by atoms with Gasteiger partial charge in [-0.1, -0.05) is 19.1 Å². The summed E-state index contributed by atoms with van der Waals surface area (Å²) in [5.41, 5.74) is 1.00. The molecule has 3 nitrogen and oxygen atoms in total. The lowest BCUT2D eigenvalue weighted by Gasteiger charge is -2.14. The number of rotatable bonds is 5. The van der Waals surface area contributed by atoms with E-state index in [0.717, 1.165) is 30.3 Å². The predicted molar refractivity (Wildman–Crippen MR) is 75.3 cm³/mol. The number of alkyl halides is 3. The zero-order valence-corrected chi connectivity index (χ0v) is 12.0. The minimum atomic E-state index is -4.39. The lowest BCUT2D eigenvalue weighted by molar-refractivity contribution is -0.137. The van der Waals surface area contributed by atoms with E-state index in [1.165, 1.54) is 16.8 Å². The van der Waals surface area contributed by atoms with Crippen molar-refractivity contribution in [3.8, 4) is 5.69 Å². The second-order valence-corrected chi connectivity index (χ2v) is 4.86. The molecular formula is C15H18F3N3. The molecule has 0 unspecified atom stereocenters. The smallest absolute Gasteiger partial charge is 0.313 e. The molecule has 21 heavy (non-hydrogen) atoms. The molecule has 1 aromatic heterocycles. The third-order valence-electron chi connectivity index (χ3n) is 3.29. The van der Waals surface area contributed by atoms with Crippen molar-refractivity contribution < 1.29 is 13.2 Å². The molecular weight excluding hydrogens is 279 g/mol. The number of nitrogens with zero attached hydrogens (tertiary/aromatic N) is 2. The van der Waals surface area contributed by atoms with Crippen molar-refractivity contribution in [1.29, 1.82) is 0 Å². The van der Waals surface area contributed by atoms with Crippen LogP contribution in [0.25, 0.3) is 5.69 Å². The van der Waals surface area contributed by atoms with Gasteiger partial charge in [-0.25, -0.2) is 4.68 Å². The van der Waals surface area contributed by atoms with Gasteiger partial charge in [-0.3, -0.25) is 0 Å². The van der Waals surface area contributed by atoms with Crippen LogP contribution in [0.5, 0.6) is 0 Å². The van der Waals surface area contributed by atoms with Crippen molar-refractivity contribution in [3.63, 3.8) is 0 Å². The summed E-state index contributed by atoms with van der Waals surface area (Å²) < 4.78 is 40.6. The number of halogens is 3. The molecule has 0 atom stereocenters. The highest BCUT2D eigenvalue weighted by atomic mass is 19.4. The van der Waals surface area contributed by atoms with Crippen LogP contribution in [0.1, 0.15) is 30.2 Å². The minimum absolute atomic E-state index is 0.0595. The zero-order valence-electron chi connectivity index (χ0n) is 12.0. The first-order valence-corrected chi connectivity index (χ1v) is 6.86. The molecule has 0 spiro atoms. The Kier molecular flexibility index (Phi) is 4.67. The third-order valence-corrected chi connectivity index (χ3v) is 3.29. The molecule has 0 fully saturated rings. The highest BCUT2D eigenvalue weighted by molar-refractivity contribution is 5.44. The van der Waals surface area contributed by atoms with Crippen molar-refractivity contribution in [2.45, 2.75) is 33.0 Å². The SMILES string of the molecule is CCCNCc1cnn(-c2ccccc2C(F)(F)F)c1C. The number of aromatic nitrogens is 2. The first-order valence-electron chi connectivity index (χ1n) is 6.86. The van der Waals surface area contributed by atoms with Crippen molar-refractivity contribution >= 4 is 0 Å². The van der Waals surface area contributed by atoms with Gasteiger partial charge in [0, 0.05) is 17.8 Å². The van der Waals surface area contributed by atoms with E-state index in [-0.39, 0.29) is 5.69 Å². The second-order valence-electron chi connectivity index (χ2n) is 4.86. The maximum Gasteiger partial charge on any atom is 0.418 e. The molecule has 1 N–H and O–H groups in total. The predicted octanol–water partition coefficient (Wildman–Crippen LogP) is 3.70. The number of hydrogen-bond acceptors (Lipinski definition) is 2. The van der Waals surface area contributed by atoms with Crippen LogP contribution < -0.4 is 5.32 Å². The van der Waals surface area contributed by atoms with Gasteiger partial charge >= 0.3 is 6.18 Å². The van der Waals surface area contributed by atoms with Gasteiger partial charge in [0.2, 0.25) is 0 Å². The molecule has 0 amide bonds. The van der Waals surface area contributed by atoms with Crippen LogP contribution in [-0.4, -0.2) is 16.3 Å². The highest BCUT2D eigenvalue weighted by Gasteiger charge is 2.34. The van der Waals surface area contributed by atoms with E-state index >= 15 is 0 Å². The quantitative estimate of drug-likeness (QED) is 0.853. The molecule has 2 rings (SSSR count). The molecule has 0 aliphatic heterocycles. The number of para-hydroxylation sites is 1. The summed E-state index contributed by atoms with van der Waals surface area (Å²) in [5.74, 6) is 0. The van der Waals surface area contributed by atoms with Crippen LogP contribution in [0.3, 0.4) is 0 Å². The molecule has 2 aromatic rings. The van der Waals surface area contributed by atoms with Crippen LogP contribution in [0, 0.1) is 6.92 Å². The van der Waals surface area contributed by atoms with Crippen LogP contribution in [-0.2, 0) is 12.7 Å². The van der Waals surface area contributed by atoms with E-state index in [0.29, 0.717) is 6.54 Å². The maximum atomic E-state index is 13.1. The zero-order chi connectivity index (χ0) is 15.5. The Morgan fingerprint density at radius 3 is 2.62 bits per heavy atom. The Labute approximate surface area is 121 Å². The fourth-order valence-corrected chi connectivity index (χ4v) is 2.16. The van der Waals surface area contributed by atoms with Crippen molar-refractivity contribution in [2.75, 3.05) is 6.54 Å². The van der Waals surface area contributed by atoms with E-state index in [9.17, 15) is 13.2 Å². The molecule has 0 bridgehead atoms. The summed E-state index contributed by atoms with van der Waals surface area (Å²) in [6, 6.07) is 5.48. The minimum Gasteiger partial charge on any atom is -0.313 e. The van der Waals surface area contributed by atoms with Crippen molar-refractivity contribution in [3.05, 3.63) is 47.3 Å². The summed E-state index contributed by atoms with van der Waals surface area (Å²) in [4.78, 5) is 0. The fourth-order valence-electron chi connectivity index (χ4n) is 2.16. The van der Waals surface area contributed by atoms with Gasteiger partial charge in [-0.15, -0.1) is 0 Å². The Bertz CT molecular complexity index is 602. The molecule has 0 aliphatic rings. The Morgan fingerprint density at radius 1 is 1.24 bits per heavy atom. The molecule has 0 saturated carbocycles. The summed E-state index contributed by atoms with van der Waals surface area (Å²) in [6.07, 6.45) is -1.77. The lowest BCUT2D eigenvalue weighted by Crippen LogP contribution is -2.15. The summed E-state index contributed by atoms with van der Waals surface area (Å²) in [5, 5.41) is 7.34. The molecule has 0 aliphatic carbocycles. The van der Waals surface area contributed by atoms with E-state index < -0.39 is 11.7 Å². The van der Waals surface area contributed by atoms with Gasteiger partial charge in [-0.2, -0.15) is 18.3 Å². The fraction of sp³-hybridized carbons (Fsp3) is 0.400. The van der Waals surface area contributed by atoms with Crippen LogP contribution in [0.15, 0.2) is 30.5 Å². The van der Waals surface area contributed by atoms with Crippen LogP contribution in [0.2, 0.25) is 0 Å².